The number of pyridine rings is 1. The Balaban J connectivity index is 1.83. The van der Waals surface area contributed by atoms with E-state index in [0.717, 1.165) is 31.5 Å². The number of halogens is 1. The van der Waals surface area contributed by atoms with E-state index in [1.54, 1.807) is 12.3 Å². The predicted molar refractivity (Wildman–Crippen MR) is 68.3 cm³/mol. The number of amides is 1. The number of nitrogens with one attached hydrogen (secondary N) is 1. The second-order valence-corrected chi connectivity index (χ2v) is 5.29. The number of rotatable bonds is 3. The molecule has 0 aliphatic heterocycles. The zero-order chi connectivity index (χ0) is 12.3. The number of carbonyl (C=O) groups is 1. The van der Waals surface area contributed by atoms with Gasteiger partial charge in [0.2, 0.25) is 0 Å². The van der Waals surface area contributed by atoms with Crippen molar-refractivity contribution in [3.8, 4) is 0 Å². The van der Waals surface area contributed by atoms with Crippen LogP contribution < -0.4 is 5.32 Å². The molecule has 1 amide bonds. The normalized spacial score (nSPS) is 23.6. The first-order valence-corrected chi connectivity index (χ1v) is 6.43. The van der Waals surface area contributed by atoms with Crippen molar-refractivity contribution in [3.63, 3.8) is 0 Å². The molecule has 1 aliphatic carbocycles. The van der Waals surface area contributed by atoms with Gasteiger partial charge >= 0.3 is 0 Å². The lowest BCUT2D eigenvalue weighted by Gasteiger charge is -2.10. The monoisotopic (exact) mass is 252 g/mol. The molecule has 1 aromatic heterocycles. The van der Waals surface area contributed by atoms with Crippen LogP contribution in [0.1, 0.15) is 35.3 Å². The molecule has 0 saturated heterocycles. The lowest BCUT2D eigenvalue weighted by molar-refractivity contribution is 0.0947. The average Bonchev–Trinajstić information content (AvgIpc) is 2.73. The van der Waals surface area contributed by atoms with E-state index in [9.17, 15) is 4.79 Å². The summed E-state index contributed by atoms with van der Waals surface area (Å²) in [6, 6.07) is 3.65. The first kappa shape index (κ1) is 12.4. The summed E-state index contributed by atoms with van der Waals surface area (Å²) in [5.74, 6) is 0.482. The van der Waals surface area contributed by atoms with E-state index >= 15 is 0 Å². The van der Waals surface area contributed by atoms with Gasteiger partial charge < -0.3 is 5.32 Å². The third-order valence-electron chi connectivity index (χ3n) is 3.20. The molecule has 2 rings (SSSR count). The third-order valence-corrected chi connectivity index (χ3v) is 3.60. The zero-order valence-electron chi connectivity index (χ0n) is 9.95. The van der Waals surface area contributed by atoms with Crippen molar-refractivity contribution in [3.05, 3.63) is 29.6 Å². The Hall–Kier alpha value is -1.09. The molecule has 3 nitrogen and oxygen atoms in total. The van der Waals surface area contributed by atoms with Crippen molar-refractivity contribution in [1.82, 2.24) is 10.3 Å². The quantitative estimate of drug-likeness (QED) is 0.840. The number of alkyl halides is 1. The third kappa shape index (κ3) is 3.43. The van der Waals surface area contributed by atoms with Gasteiger partial charge in [-0.15, -0.1) is 11.6 Å². The molecule has 4 heteroatoms. The Morgan fingerprint density at radius 2 is 2.35 bits per heavy atom. The molecule has 1 saturated carbocycles. The summed E-state index contributed by atoms with van der Waals surface area (Å²) in [6.45, 7) is 2.62. The van der Waals surface area contributed by atoms with Crippen molar-refractivity contribution in [2.75, 3.05) is 6.54 Å². The minimum absolute atomic E-state index is 0.0458. The van der Waals surface area contributed by atoms with Crippen LogP contribution in [0.3, 0.4) is 0 Å². The molecular weight excluding hydrogens is 236 g/mol. The summed E-state index contributed by atoms with van der Waals surface area (Å²) in [4.78, 5) is 15.9. The van der Waals surface area contributed by atoms with Crippen LogP contribution >= 0.6 is 11.6 Å². The lowest BCUT2D eigenvalue weighted by atomic mass is 10.1. The number of hydrogen-bond acceptors (Lipinski definition) is 2. The predicted octanol–water partition coefficient (Wildman–Crippen LogP) is 2.53. The van der Waals surface area contributed by atoms with E-state index in [1.807, 2.05) is 13.0 Å². The largest absolute Gasteiger partial charge is 0.352 e. The van der Waals surface area contributed by atoms with Gasteiger partial charge in [0, 0.05) is 23.8 Å². The van der Waals surface area contributed by atoms with Gasteiger partial charge in [-0.05, 0) is 44.2 Å². The van der Waals surface area contributed by atoms with Crippen LogP contribution in [-0.4, -0.2) is 22.8 Å². The summed E-state index contributed by atoms with van der Waals surface area (Å²) in [5.41, 5.74) is 1.54. The summed E-state index contributed by atoms with van der Waals surface area (Å²) in [5, 5.41) is 3.23. The van der Waals surface area contributed by atoms with Gasteiger partial charge in [-0.3, -0.25) is 9.78 Å². The van der Waals surface area contributed by atoms with E-state index < -0.39 is 0 Å². The van der Waals surface area contributed by atoms with Crippen molar-refractivity contribution >= 4 is 17.5 Å². The highest BCUT2D eigenvalue weighted by Crippen LogP contribution is 2.28. The molecule has 2 unspecified atom stereocenters. The average molecular weight is 253 g/mol. The highest BCUT2D eigenvalue weighted by molar-refractivity contribution is 6.20. The number of carbonyl (C=O) groups excluding carboxylic acids is 1. The van der Waals surface area contributed by atoms with Crippen molar-refractivity contribution in [2.45, 2.75) is 31.6 Å². The molecule has 1 aromatic rings. The lowest BCUT2D eigenvalue weighted by Crippen LogP contribution is -2.28. The Bertz CT molecular complexity index is 391. The van der Waals surface area contributed by atoms with Crippen LogP contribution in [0.15, 0.2) is 18.3 Å². The molecule has 1 heterocycles. The topological polar surface area (TPSA) is 42.0 Å². The maximum Gasteiger partial charge on any atom is 0.252 e. The van der Waals surface area contributed by atoms with Gasteiger partial charge in [0.05, 0.1) is 5.56 Å². The van der Waals surface area contributed by atoms with Gasteiger partial charge in [-0.2, -0.15) is 0 Å². The van der Waals surface area contributed by atoms with Gasteiger partial charge in [-0.25, -0.2) is 0 Å². The van der Waals surface area contributed by atoms with E-state index in [1.165, 1.54) is 0 Å². The summed E-state index contributed by atoms with van der Waals surface area (Å²) >= 11 is 6.03. The summed E-state index contributed by atoms with van der Waals surface area (Å²) in [7, 11) is 0. The summed E-state index contributed by atoms with van der Waals surface area (Å²) in [6.07, 6.45) is 4.80. The maximum absolute atomic E-state index is 11.8. The molecule has 17 heavy (non-hydrogen) atoms. The number of aromatic nitrogens is 1. The molecule has 92 valence electrons. The van der Waals surface area contributed by atoms with Crippen molar-refractivity contribution in [2.24, 2.45) is 5.92 Å². The van der Waals surface area contributed by atoms with Gasteiger partial charge in [0.15, 0.2) is 0 Å². The van der Waals surface area contributed by atoms with E-state index in [2.05, 4.69) is 10.3 Å². The van der Waals surface area contributed by atoms with Crippen LogP contribution in [0.4, 0.5) is 0 Å². The van der Waals surface area contributed by atoms with Gasteiger partial charge in [0.1, 0.15) is 0 Å². The first-order valence-electron chi connectivity index (χ1n) is 6.00. The minimum Gasteiger partial charge on any atom is -0.352 e. The minimum atomic E-state index is -0.0458. The highest BCUT2D eigenvalue weighted by Gasteiger charge is 2.23. The molecule has 2 atom stereocenters. The Kier molecular flexibility index (Phi) is 4.00. The standard InChI is InChI=1S/C13H17ClN2O/c1-9-2-4-11(8-15-9)13(17)16-7-10-3-5-12(14)6-10/h2,4,8,10,12H,3,5-7H2,1H3,(H,16,17). The Labute approximate surface area is 107 Å². The Morgan fingerprint density at radius 3 is 2.94 bits per heavy atom. The van der Waals surface area contributed by atoms with E-state index in [4.69, 9.17) is 11.6 Å². The first-order chi connectivity index (χ1) is 8.15. The van der Waals surface area contributed by atoms with Crippen LogP contribution in [0.25, 0.3) is 0 Å². The molecule has 0 radical (unpaired) electrons. The number of nitrogens with zero attached hydrogens (tertiary/aromatic N) is 1. The van der Waals surface area contributed by atoms with E-state index in [0.29, 0.717) is 11.5 Å². The van der Waals surface area contributed by atoms with Crippen LogP contribution in [0.2, 0.25) is 0 Å². The molecule has 0 spiro atoms. The molecule has 1 fully saturated rings. The van der Waals surface area contributed by atoms with Crippen molar-refractivity contribution < 1.29 is 4.79 Å². The molecule has 0 aromatic carbocycles. The van der Waals surface area contributed by atoms with Gasteiger partial charge in [-0.1, -0.05) is 0 Å². The van der Waals surface area contributed by atoms with Crippen LogP contribution in [0.5, 0.6) is 0 Å². The maximum atomic E-state index is 11.8. The fraction of sp³-hybridized carbons (Fsp3) is 0.538. The SMILES string of the molecule is Cc1ccc(C(=O)NCC2CCC(Cl)C2)cn1. The second kappa shape index (κ2) is 5.50. The molecular formula is C13H17ClN2O. The highest BCUT2D eigenvalue weighted by atomic mass is 35.5. The van der Waals surface area contributed by atoms with E-state index in [-0.39, 0.29) is 11.3 Å². The second-order valence-electron chi connectivity index (χ2n) is 4.67. The molecule has 1 aliphatic rings. The van der Waals surface area contributed by atoms with Crippen molar-refractivity contribution in [1.29, 1.82) is 0 Å². The van der Waals surface area contributed by atoms with Gasteiger partial charge in [0.25, 0.3) is 5.91 Å². The van der Waals surface area contributed by atoms with Crippen LogP contribution in [-0.2, 0) is 0 Å². The van der Waals surface area contributed by atoms with Crippen LogP contribution in [0, 0.1) is 12.8 Å². The number of aryl methyl sites for hydroxylation is 1. The zero-order valence-corrected chi connectivity index (χ0v) is 10.7. The smallest absolute Gasteiger partial charge is 0.252 e. The summed E-state index contributed by atoms with van der Waals surface area (Å²) < 4.78 is 0. The fourth-order valence-electron chi connectivity index (χ4n) is 2.14. The number of hydrogen-bond donors (Lipinski definition) is 1. The molecule has 0 bridgehead atoms. The fourth-order valence-corrected chi connectivity index (χ4v) is 2.52. The molecule has 1 N–H and O–H groups in total. The Morgan fingerprint density at radius 1 is 1.53 bits per heavy atom.